The molecule has 0 atom stereocenters. The van der Waals surface area contributed by atoms with Gasteiger partial charge in [0.2, 0.25) is 0 Å². The monoisotopic (exact) mass is 268 g/mol. The van der Waals surface area contributed by atoms with Crippen LogP contribution in [0.1, 0.15) is 12.5 Å². The number of aliphatic carboxylic acids is 1. The summed E-state index contributed by atoms with van der Waals surface area (Å²) in [5.41, 5.74) is 1.21. The van der Waals surface area contributed by atoms with Gasteiger partial charge in [-0.05, 0) is 12.5 Å². The summed E-state index contributed by atoms with van der Waals surface area (Å²) in [6, 6.07) is 10.2. The van der Waals surface area contributed by atoms with E-state index in [0.717, 1.165) is 6.08 Å². The summed E-state index contributed by atoms with van der Waals surface area (Å²) in [6.45, 7) is 5.41. The van der Waals surface area contributed by atoms with Gasteiger partial charge in [0.1, 0.15) is 0 Å². The van der Waals surface area contributed by atoms with Gasteiger partial charge >= 0.3 is 5.97 Å². The van der Waals surface area contributed by atoms with Gasteiger partial charge < -0.3 is 5.11 Å². The Morgan fingerprint density at radius 1 is 1.05 bits per heavy atom. The van der Waals surface area contributed by atoms with Crippen LogP contribution in [0.5, 0.6) is 0 Å². The molecule has 0 fully saturated rings. The second kappa shape index (κ2) is 12.8. The van der Waals surface area contributed by atoms with Crippen molar-refractivity contribution < 1.29 is 9.90 Å². The molecule has 2 heteroatoms. The van der Waals surface area contributed by atoms with Gasteiger partial charge in [-0.25, -0.2) is 4.79 Å². The molecule has 0 bridgehead atoms. The van der Waals surface area contributed by atoms with E-state index in [0.29, 0.717) is 0 Å². The fraction of sp³-hybridized carbons (Fsp3) is 0.0556. The number of rotatable bonds is 5. The van der Waals surface area contributed by atoms with Gasteiger partial charge in [-0.2, -0.15) is 0 Å². The predicted octanol–water partition coefficient (Wildman–Crippen LogP) is 4.65. The van der Waals surface area contributed by atoms with Crippen molar-refractivity contribution in [2.75, 3.05) is 0 Å². The topological polar surface area (TPSA) is 37.3 Å². The van der Waals surface area contributed by atoms with Gasteiger partial charge in [0.25, 0.3) is 0 Å². The van der Waals surface area contributed by atoms with E-state index in [1.165, 1.54) is 11.6 Å². The molecule has 2 nitrogen and oxygen atoms in total. The molecule has 0 spiro atoms. The molecule has 20 heavy (non-hydrogen) atoms. The van der Waals surface area contributed by atoms with E-state index in [1.807, 2.05) is 43.4 Å². The van der Waals surface area contributed by atoms with E-state index < -0.39 is 5.97 Å². The maximum Gasteiger partial charge on any atom is 0.328 e. The zero-order valence-electron chi connectivity index (χ0n) is 11.6. The van der Waals surface area contributed by atoms with Gasteiger partial charge in [0, 0.05) is 6.08 Å². The SMILES string of the molecule is C=CC=CC=Cc1ccccc1.CC=CC=CC(=O)O. The maximum absolute atomic E-state index is 9.75. The number of allylic oxidation sites excluding steroid dienone is 7. The Morgan fingerprint density at radius 3 is 2.30 bits per heavy atom. The minimum Gasteiger partial charge on any atom is -0.478 e. The molecule has 0 saturated carbocycles. The van der Waals surface area contributed by atoms with Crippen LogP contribution in [0.3, 0.4) is 0 Å². The molecule has 1 rings (SSSR count). The van der Waals surface area contributed by atoms with Crippen LogP contribution in [0.25, 0.3) is 6.08 Å². The third-order valence-corrected chi connectivity index (χ3v) is 1.99. The third kappa shape index (κ3) is 11.9. The molecule has 0 aliphatic carbocycles. The fourth-order valence-corrected chi connectivity index (χ4v) is 1.12. The quantitative estimate of drug-likeness (QED) is 0.623. The predicted molar refractivity (Wildman–Crippen MR) is 86.4 cm³/mol. The van der Waals surface area contributed by atoms with Crippen molar-refractivity contribution >= 4 is 12.0 Å². The third-order valence-electron chi connectivity index (χ3n) is 1.99. The molecule has 1 aromatic carbocycles. The fourth-order valence-electron chi connectivity index (χ4n) is 1.12. The van der Waals surface area contributed by atoms with Crippen molar-refractivity contribution in [3.05, 3.63) is 91.1 Å². The lowest BCUT2D eigenvalue weighted by Gasteiger charge is -1.87. The van der Waals surface area contributed by atoms with E-state index in [2.05, 4.69) is 24.8 Å². The minimum atomic E-state index is -0.914. The molecule has 1 N–H and O–H groups in total. The Bertz CT molecular complexity index is 491. The molecule has 0 saturated heterocycles. The highest BCUT2D eigenvalue weighted by Crippen LogP contribution is 2.00. The van der Waals surface area contributed by atoms with E-state index in [1.54, 1.807) is 18.2 Å². The Kier molecular flexibility index (Phi) is 11.2. The molecular formula is C18H20O2. The van der Waals surface area contributed by atoms with E-state index in [4.69, 9.17) is 5.11 Å². The van der Waals surface area contributed by atoms with E-state index in [9.17, 15) is 4.79 Å². The van der Waals surface area contributed by atoms with Crippen LogP contribution in [0, 0.1) is 0 Å². The van der Waals surface area contributed by atoms with Crippen LogP contribution in [0.4, 0.5) is 0 Å². The normalized spacial score (nSPS) is 11.1. The number of carboxylic acid groups (broad SMARTS) is 1. The lowest BCUT2D eigenvalue weighted by Crippen LogP contribution is -1.83. The number of benzene rings is 1. The van der Waals surface area contributed by atoms with Crippen LogP contribution in [-0.2, 0) is 4.79 Å². The number of hydrogen-bond acceptors (Lipinski definition) is 1. The molecule has 1 aromatic rings. The highest BCUT2D eigenvalue weighted by molar-refractivity contribution is 5.80. The first kappa shape index (κ1) is 17.4. The van der Waals surface area contributed by atoms with Gasteiger partial charge in [0.05, 0.1) is 0 Å². The number of carboxylic acids is 1. The summed E-state index contributed by atoms with van der Waals surface area (Å²) in [5.74, 6) is -0.914. The standard InChI is InChI=1S/C12H12.C6H8O2/c1-2-3-4-6-9-12-10-7-5-8-11-12;1-2-3-4-5-6(7)8/h2-11H,1H2;2-5H,1H3,(H,7,8). The Balaban J connectivity index is 0.000000396. The van der Waals surface area contributed by atoms with E-state index in [-0.39, 0.29) is 0 Å². The molecule has 0 aromatic heterocycles. The maximum atomic E-state index is 9.75. The first-order valence-electron chi connectivity index (χ1n) is 6.23. The average molecular weight is 268 g/mol. The Hall–Kier alpha value is -2.61. The van der Waals surface area contributed by atoms with Crippen molar-refractivity contribution in [2.24, 2.45) is 0 Å². The molecule has 0 aliphatic rings. The highest BCUT2D eigenvalue weighted by Gasteiger charge is 1.79. The molecule has 0 heterocycles. The number of carbonyl (C=O) groups is 1. The molecular weight excluding hydrogens is 248 g/mol. The molecule has 0 amide bonds. The second-order valence-corrected chi connectivity index (χ2v) is 3.61. The molecule has 0 radical (unpaired) electrons. The smallest absolute Gasteiger partial charge is 0.328 e. The highest BCUT2D eigenvalue weighted by atomic mass is 16.4. The average Bonchev–Trinajstić information content (AvgIpc) is 2.45. The van der Waals surface area contributed by atoms with Crippen LogP contribution in [-0.4, -0.2) is 11.1 Å². The summed E-state index contributed by atoms with van der Waals surface area (Å²) in [4.78, 5) is 9.75. The second-order valence-electron chi connectivity index (χ2n) is 3.61. The van der Waals surface area contributed by atoms with Gasteiger partial charge in [0.15, 0.2) is 0 Å². The largest absolute Gasteiger partial charge is 0.478 e. The summed E-state index contributed by atoms with van der Waals surface area (Å²) >= 11 is 0. The van der Waals surface area contributed by atoms with Gasteiger partial charge in [-0.3, -0.25) is 0 Å². The lowest BCUT2D eigenvalue weighted by molar-refractivity contribution is -0.131. The van der Waals surface area contributed by atoms with Crippen molar-refractivity contribution in [3.8, 4) is 0 Å². The summed E-state index contributed by atoms with van der Waals surface area (Å²) < 4.78 is 0. The minimum absolute atomic E-state index is 0.914. The van der Waals surface area contributed by atoms with Crippen LogP contribution in [0.2, 0.25) is 0 Å². The number of hydrogen-bond donors (Lipinski definition) is 1. The van der Waals surface area contributed by atoms with Crippen LogP contribution < -0.4 is 0 Å². The molecule has 0 aliphatic heterocycles. The van der Waals surface area contributed by atoms with Crippen LogP contribution >= 0.6 is 0 Å². The molecule has 0 unspecified atom stereocenters. The zero-order valence-corrected chi connectivity index (χ0v) is 11.6. The lowest BCUT2D eigenvalue weighted by atomic mass is 10.2. The van der Waals surface area contributed by atoms with Crippen molar-refractivity contribution in [1.29, 1.82) is 0 Å². The summed E-state index contributed by atoms with van der Waals surface area (Å²) in [6.07, 6.45) is 15.7. The first-order chi connectivity index (χ1) is 9.70. The van der Waals surface area contributed by atoms with Crippen molar-refractivity contribution in [2.45, 2.75) is 6.92 Å². The van der Waals surface area contributed by atoms with Crippen molar-refractivity contribution in [1.82, 2.24) is 0 Å². The zero-order chi connectivity index (χ0) is 15.1. The summed E-state index contributed by atoms with van der Waals surface area (Å²) in [7, 11) is 0. The van der Waals surface area contributed by atoms with Crippen molar-refractivity contribution in [3.63, 3.8) is 0 Å². The van der Waals surface area contributed by atoms with Gasteiger partial charge in [-0.1, -0.05) is 85.5 Å². The Morgan fingerprint density at radius 2 is 1.75 bits per heavy atom. The summed E-state index contributed by atoms with van der Waals surface area (Å²) in [5, 5.41) is 8.02. The van der Waals surface area contributed by atoms with E-state index >= 15 is 0 Å². The first-order valence-corrected chi connectivity index (χ1v) is 6.23. The Labute approximate surface area is 120 Å². The molecule has 104 valence electrons. The van der Waals surface area contributed by atoms with Gasteiger partial charge in [-0.15, -0.1) is 0 Å². The van der Waals surface area contributed by atoms with Crippen LogP contribution in [0.15, 0.2) is 85.5 Å².